The number of hydrazone groups is 1. The highest BCUT2D eigenvalue weighted by atomic mass is 35.5. The number of amides is 1. The molecule has 0 unspecified atom stereocenters. The van der Waals surface area contributed by atoms with E-state index in [1.54, 1.807) is 24.3 Å². The molecule has 1 fully saturated rings. The largest absolute Gasteiger partial charge is 0.271 e. The van der Waals surface area contributed by atoms with Crippen LogP contribution >= 0.6 is 11.6 Å². The first-order valence-corrected chi connectivity index (χ1v) is 8.26. The standard InChI is InChI=1S/C19H19ClN2O/c20-17-10-6-16(7-11-17)19(23)22-21-18-12-8-15(9-13-18)14-4-2-1-3-5-14/h1-7,10-11,15H,8-9,12-13H2,(H,22,23). The van der Waals surface area contributed by atoms with Gasteiger partial charge in [-0.25, -0.2) is 5.43 Å². The third kappa shape index (κ3) is 4.20. The zero-order valence-corrected chi connectivity index (χ0v) is 13.6. The number of carbonyl (C=O) groups excluding carboxylic acids is 1. The van der Waals surface area contributed by atoms with Crippen molar-refractivity contribution in [3.05, 3.63) is 70.7 Å². The van der Waals surface area contributed by atoms with Crippen LogP contribution in [-0.2, 0) is 0 Å². The Morgan fingerprint density at radius 1 is 1.00 bits per heavy atom. The first kappa shape index (κ1) is 15.8. The fourth-order valence-electron chi connectivity index (χ4n) is 2.92. The van der Waals surface area contributed by atoms with Crippen molar-refractivity contribution in [2.24, 2.45) is 5.10 Å². The minimum absolute atomic E-state index is 0.195. The Bertz CT molecular complexity index is 685. The summed E-state index contributed by atoms with van der Waals surface area (Å²) in [6.45, 7) is 0. The second-order valence-corrected chi connectivity index (χ2v) is 6.25. The van der Waals surface area contributed by atoms with Gasteiger partial charge in [-0.1, -0.05) is 41.9 Å². The van der Waals surface area contributed by atoms with E-state index in [0.717, 1.165) is 31.4 Å². The van der Waals surface area contributed by atoms with Crippen LogP contribution in [0.5, 0.6) is 0 Å². The van der Waals surface area contributed by atoms with E-state index in [-0.39, 0.29) is 5.91 Å². The molecule has 2 aromatic carbocycles. The van der Waals surface area contributed by atoms with Gasteiger partial charge < -0.3 is 0 Å². The average molecular weight is 327 g/mol. The summed E-state index contributed by atoms with van der Waals surface area (Å²) in [7, 11) is 0. The Labute approximate surface area is 141 Å². The van der Waals surface area contributed by atoms with Gasteiger partial charge in [-0.3, -0.25) is 4.79 Å². The van der Waals surface area contributed by atoms with Crippen LogP contribution in [0, 0.1) is 0 Å². The van der Waals surface area contributed by atoms with Gasteiger partial charge in [-0.15, -0.1) is 0 Å². The van der Waals surface area contributed by atoms with Crippen molar-refractivity contribution >= 4 is 23.2 Å². The van der Waals surface area contributed by atoms with Gasteiger partial charge in [0.2, 0.25) is 0 Å². The van der Waals surface area contributed by atoms with Gasteiger partial charge in [0.1, 0.15) is 0 Å². The molecule has 1 saturated carbocycles. The molecule has 0 aromatic heterocycles. The lowest BCUT2D eigenvalue weighted by molar-refractivity contribution is 0.0954. The highest BCUT2D eigenvalue weighted by Crippen LogP contribution is 2.31. The summed E-state index contributed by atoms with van der Waals surface area (Å²) in [4.78, 5) is 12.0. The lowest BCUT2D eigenvalue weighted by atomic mass is 9.83. The Balaban J connectivity index is 1.54. The number of benzene rings is 2. The van der Waals surface area contributed by atoms with Gasteiger partial charge >= 0.3 is 0 Å². The van der Waals surface area contributed by atoms with Crippen LogP contribution in [0.3, 0.4) is 0 Å². The second kappa shape index (κ2) is 7.42. The van der Waals surface area contributed by atoms with Crippen molar-refractivity contribution in [2.45, 2.75) is 31.6 Å². The number of hydrogen-bond acceptors (Lipinski definition) is 2. The molecule has 1 aliphatic carbocycles. The molecule has 1 amide bonds. The molecule has 0 aliphatic heterocycles. The van der Waals surface area contributed by atoms with Gasteiger partial charge in [0, 0.05) is 16.3 Å². The Morgan fingerprint density at radius 3 is 2.30 bits per heavy atom. The third-order valence-electron chi connectivity index (χ3n) is 4.26. The molecule has 0 spiro atoms. The van der Waals surface area contributed by atoms with Crippen molar-refractivity contribution < 1.29 is 4.79 Å². The molecule has 1 N–H and O–H groups in total. The van der Waals surface area contributed by atoms with Crippen molar-refractivity contribution in [3.63, 3.8) is 0 Å². The highest BCUT2D eigenvalue weighted by molar-refractivity contribution is 6.30. The van der Waals surface area contributed by atoms with Crippen molar-refractivity contribution in [1.82, 2.24) is 5.43 Å². The number of halogens is 1. The Kier molecular flexibility index (Phi) is 5.09. The molecule has 3 rings (SSSR count). The maximum Gasteiger partial charge on any atom is 0.271 e. The predicted molar refractivity (Wildman–Crippen MR) is 94.0 cm³/mol. The molecule has 4 heteroatoms. The molecule has 2 aromatic rings. The SMILES string of the molecule is O=C(NN=C1CCC(c2ccccc2)CC1)c1ccc(Cl)cc1. The summed E-state index contributed by atoms with van der Waals surface area (Å²) < 4.78 is 0. The number of rotatable bonds is 3. The van der Waals surface area contributed by atoms with E-state index >= 15 is 0 Å². The van der Waals surface area contributed by atoms with E-state index in [0.29, 0.717) is 16.5 Å². The highest BCUT2D eigenvalue weighted by Gasteiger charge is 2.19. The molecule has 23 heavy (non-hydrogen) atoms. The number of nitrogens with one attached hydrogen (secondary N) is 1. The lowest BCUT2D eigenvalue weighted by Crippen LogP contribution is -2.21. The van der Waals surface area contributed by atoms with Gasteiger partial charge in [-0.05, 0) is 61.4 Å². The zero-order chi connectivity index (χ0) is 16.1. The summed E-state index contributed by atoms with van der Waals surface area (Å²) in [6, 6.07) is 17.4. The quantitative estimate of drug-likeness (QED) is 0.810. The minimum Gasteiger partial charge on any atom is -0.267 e. The molecular weight excluding hydrogens is 308 g/mol. The van der Waals surface area contributed by atoms with Crippen molar-refractivity contribution in [1.29, 1.82) is 0 Å². The van der Waals surface area contributed by atoms with E-state index in [4.69, 9.17) is 11.6 Å². The van der Waals surface area contributed by atoms with Crippen LogP contribution in [0.25, 0.3) is 0 Å². The maximum absolute atomic E-state index is 12.0. The third-order valence-corrected chi connectivity index (χ3v) is 4.51. The topological polar surface area (TPSA) is 41.5 Å². The lowest BCUT2D eigenvalue weighted by Gasteiger charge is -2.23. The predicted octanol–water partition coefficient (Wildman–Crippen LogP) is 4.78. The summed E-state index contributed by atoms with van der Waals surface area (Å²) >= 11 is 5.82. The van der Waals surface area contributed by atoms with Crippen LogP contribution < -0.4 is 5.43 Å². The molecule has 3 nitrogen and oxygen atoms in total. The second-order valence-electron chi connectivity index (χ2n) is 5.81. The van der Waals surface area contributed by atoms with Crippen molar-refractivity contribution in [2.75, 3.05) is 0 Å². The van der Waals surface area contributed by atoms with Gasteiger partial charge in [0.15, 0.2) is 0 Å². The van der Waals surface area contributed by atoms with Crippen LogP contribution in [-0.4, -0.2) is 11.6 Å². The van der Waals surface area contributed by atoms with E-state index < -0.39 is 0 Å². The summed E-state index contributed by atoms with van der Waals surface area (Å²) in [6.07, 6.45) is 4.03. The Morgan fingerprint density at radius 2 is 1.65 bits per heavy atom. The first-order chi connectivity index (χ1) is 11.2. The number of carbonyl (C=O) groups is 1. The molecule has 0 radical (unpaired) electrons. The van der Waals surface area contributed by atoms with E-state index in [2.05, 4.69) is 34.8 Å². The monoisotopic (exact) mass is 326 g/mol. The normalized spacial score (nSPS) is 17.6. The van der Waals surface area contributed by atoms with E-state index in [1.165, 1.54) is 5.56 Å². The molecular formula is C19H19ClN2O. The average Bonchev–Trinajstić information content (AvgIpc) is 2.61. The van der Waals surface area contributed by atoms with E-state index in [1.807, 2.05) is 6.07 Å². The summed E-state index contributed by atoms with van der Waals surface area (Å²) in [5, 5.41) is 4.91. The molecule has 118 valence electrons. The number of nitrogens with zero attached hydrogens (tertiary/aromatic N) is 1. The molecule has 0 bridgehead atoms. The van der Waals surface area contributed by atoms with Crippen LogP contribution in [0.15, 0.2) is 59.7 Å². The maximum atomic E-state index is 12.0. The van der Waals surface area contributed by atoms with Gasteiger partial charge in [0.05, 0.1) is 0 Å². The summed E-state index contributed by atoms with van der Waals surface area (Å²) in [5.41, 5.74) is 5.68. The molecule has 0 atom stereocenters. The zero-order valence-electron chi connectivity index (χ0n) is 12.8. The van der Waals surface area contributed by atoms with Gasteiger partial charge in [-0.2, -0.15) is 5.10 Å². The molecule has 0 heterocycles. The first-order valence-electron chi connectivity index (χ1n) is 7.88. The molecule has 1 aliphatic rings. The number of hydrogen-bond donors (Lipinski definition) is 1. The van der Waals surface area contributed by atoms with Crippen LogP contribution in [0.1, 0.15) is 47.5 Å². The minimum atomic E-state index is -0.195. The van der Waals surface area contributed by atoms with Crippen molar-refractivity contribution in [3.8, 4) is 0 Å². The Hall–Kier alpha value is -2.13. The van der Waals surface area contributed by atoms with E-state index in [9.17, 15) is 4.79 Å². The fourth-order valence-corrected chi connectivity index (χ4v) is 3.04. The van der Waals surface area contributed by atoms with Crippen LogP contribution in [0.4, 0.5) is 0 Å². The smallest absolute Gasteiger partial charge is 0.267 e. The summed E-state index contributed by atoms with van der Waals surface area (Å²) in [5.74, 6) is 0.404. The van der Waals surface area contributed by atoms with Crippen LogP contribution in [0.2, 0.25) is 5.02 Å². The fraction of sp³-hybridized carbons (Fsp3) is 0.263. The molecule has 0 saturated heterocycles. The van der Waals surface area contributed by atoms with Gasteiger partial charge in [0.25, 0.3) is 5.91 Å².